The highest BCUT2D eigenvalue weighted by atomic mass is 16.5. The molecule has 5 N–H and O–H groups in total. The van der Waals surface area contributed by atoms with E-state index in [4.69, 9.17) is 10.5 Å². The number of urea groups is 1. The molecule has 0 saturated carbocycles. The van der Waals surface area contributed by atoms with E-state index in [2.05, 4.69) is 16.0 Å². The Morgan fingerprint density at radius 1 is 1.30 bits per heavy atom. The predicted octanol–water partition coefficient (Wildman–Crippen LogP) is 1.12. The largest absolute Gasteiger partial charge is 0.494 e. The minimum atomic E-state index is -0.674. The summed E-state index contributed by atoms with van der Waals surface area (Å²) in [5.74, 6) is 0.356. The summed E-state index contributed by atoms with van der Waals surface area (Å²) in [5, 5.41) is 8.18. The van der Waals surface area contributed by atoms with Crippen molar-refractivity contribution < 1.29 is 14.3 Å². The van der Waals surface area contributed by atoms with Gasteiger partial charge in [0.2, 0.25) is 5.91 Å². The Kier molecular flexibility index (Phi) is 6.31. The number of amides is 3. The van der Waals surface area contributed by atoms with Crippen molar-refractivity contribution in [3.05, 3.63) is 18.2 Å². The number of hydrogen-bond donors (Lipinski definition) is 4. The molecule has 0 bridgehead atoms. The van der Waals surface area contributed by atoms with Crippen LogP contribution in [0.1, 0.15) is 12.8 Å². The lowest BCUT2D eigenvalue weighted by atomic mass is 10.2. The topological polar surface area (TPSA) is 105 Å². The van der Waals surface area contributed by atoms with Gasteiger partial charge >= 0.3 is 6.03 Å². The number of benzene rings is 1. The molecule has 0 unspecified atom stereocenters. The summed E-state index contributed by atoms with van der Waals surface area (Å²) in [6.45, 7) is 0.790. The number of carbonyl (C=O) groups is 2. The molecular weight excluding hydrogens is 260 g/mol. The molecule has 1 rings (SSSR count). The second kappa shape index (κ2) is 8.00. The molecular formula is C13H20N4O3. The van der Waals surface area contributed by atoms with E-state index >= 15 is 0 Å². The Hall–Kier alpha value is -2.28. The summed E-state index contributed by atoms with van der Waals surface area (Å²) in [4.78, 5) is 22.5. The average molecular weight is 280 g/mol. The zero-order chi connectivity index (χ0) is 15.0. The Balaban J connectivity index is 2.67. The van der Waals surface area contributed by atoms with Crippen LogP contribution in [0.5, 0.6) is 5.75 Å². The maximum absolute atomic E-state index is 11.7. The lowest BCUT2D eigenvalue weighted by Crippen LogP contribution is -2.20. The fourth-order valence-corrected chi connectivity index (χ4v) is 1.65. The number of ether oxygens (including phenoxy) is 1. The summed E-state index contributed by atoms with van der Waals surface area (Å²) in [7, 11) is 3.31. The van der Waals surface area contributed by atoms with E-state index in [0.717, 1.165) is 13.0 Å². The lowest BCUT2D eigenvalue weighted by molar-refractivity contribution is -0.116. The Labute approximate surface area is 117 Å². The Morgan fingerprint density at radius 3 is 2.65 bits per heavy atom. The van der Waals surface area contributed by atoms with E-state index in [9.17, 15) is 9.59 Å². The molecule has 0 fully saturated rings. The number of carbonyl (C=O) groups excluding carboxylic acids is 2. The van der Waals surface area contributed by atoms with E-state index in [1.165, 1.54) is 7.11 Å². The second-order valence-electron chi connectivity index (χ2n) is 4.16. The molecule has 0 spiro atoms. The monoisotopic (exact) mass is 280 g/mol. The smallest absolute Gasteiger partial charge is 0.316 e. The summed E-state index contributed by atoms with van der Waals surface area (Å²) < 4.78 is 5.14. The minimum absolute atomic E-state index is 0.0714. The van der Waals surface area contributed by atoms with Gasteiger partial charge in [0.25, 0.3) is 0 Å². The zero-order valence-electron chi connectivity index (χ0n) is 11.7. The van der Waals surface area contributed by atoms with Crippen LogP contribution in [-0.4, -0.2) is 32.6 Å². The van der Waals surface area contributed by atoms with E-state index in [0.29, 0.717) is 23.5 Å². The van der Waals surface area contributed by atoms with Gasteiger partial charge in [-0.1, -0.05) is 0 Å². The molecule has 0 heterocycles. The maximum atomic E-state index is 11.7. The van der Waals surface area contributed by atoms with Gasteiger partial charge in [-0.25, -0.2) is 4.79 Å². The van der Waals surface area contributed by atoms with Crippen molar-refractivity contribution in [2.75, 3.05) is 31.3 Å². The number of nitrogens with two attached hydrogens (primary N) is 1. The third kappa shape index (κ3) is 5.15. The van der Waals surface area contributed by atoms with Crippen molar-refractivity contribution in [3.63, 3.8) is 0 Å². The number of anilines is 2. The van der Waals surface area contributed by atoms with Gasteiger partial charge in [0.1, 0.15) is 5.75 Å². The average Bonchev–Trinajstić information content (AvgIpc) is 2.40. The Morgan fingerprint density at radius 2 is 2.05 bits per heavy atom. The van der Waals surface area contributed by atoms with E-state index in [1.54, 1.807) is 18.2 Å². The molecule has 0 aliphatic rings. The van der Waals surface area contributed by atoms with Crippen LogP contribution in [0.15, 0.2) is 18.2 Å². The Bertz CT molecular complexity index is 477. The van der Waals surface area contributed by atoms with Crippen LogP contribution in [-0.2, 0) is 4.79 Å². The zero-order valence-corrected chi connectivity index (χ0v) is 11.7. The first-order valence-electron chi connectivity index (χ1n) is 6.25. The fraction of sp³-hybridized carbons (Fsp3) is 0.385. The second-order valence-corrected chi connectivity index (χ2v) is 4.16. The molecule has 0 saturated heterocycles. The van der Waals surface area contributed by atoms with E-state index in [1.807, 2.05) is 7.05 Å². The minimum Gasteiger partial charge on any atom is -0.494 e. The van der Waals surface area contributed by atoms with Gasteiger partial charge in [-0.2, -0.15) is 0 Å². The predicted molar refractivity (Wildman–Crippen MR) is 78.0 cm³/mol. The van der Waals surface area contributed by atoms with Crippen LogP contribution in [0.25, 0.3) is 0 Å². The van der Waals surface area contributed by atoms with Gasteiger partial charge < -0.3 is 26.4 Å². The van der Waals surface area contributed by atoms with Crippen molar-refractivity contribution in [1.29, 1.82) is 0 Å². The van der Waals surface area contributed by atoms with Gasteiger partial charge in [0, 0.05) is 18.2 Å². The van der Waals surface area contributed by atoms with Crippen molar-refractivity contribution in [1.82, 2.24) is 5.32 Å². The first-order valence-corrected chi connectivity index (χ1v) is 6.25. The molecule has 7 nitrogen and oxygen atoms in total. The summed E-state index contributed by atoms with van der Waals surface area (Å²) in [6, 6.07) is 4.24. The van der Waals surface area contributed by atoms with Gasteiger partial charge in [0.05, 0.1) is 12.8 Å². The molecule has 0 aromatic heterocycles. The molecule has 0 aliphatic heterocycles. The molecule has 110 valence electrons. The molecule has 20 heavy (non-hydrogen) atoms. The third-order valence-corrected chi connectivity index (χ3v) is 2.57. The molecule has 1 aromatic rings. The third-order valence-electron chi connectivity index (χ3n) is 2.57. The van der Waals surface area contributed by atoms with Crippen molar-refractivity contribution >= 4 is 23.3 Å². The van der Waals surface area contributed by atoms with Crippen LogP contribution in [0.3, 0.4) is 0 Å². The molecule has 0 radical (unpaired) electrons. The molecule has 3 amide bonds. The van der Waals surface area contributed by atoms with E-state index in [-0.39, 0.29) is 5.91 Å². The van der Waals surface area contributed by atoms with Gasteiger partial charge in [-0.3, -0.25) is 4.79 Å². The van der Waals surface area contributed by atoms with Gasteiger partial charge in [-0.15, -0.1) is 0 Å². The number of hydrogen-bond acceptors (Lipinski definition) is 4. The SMILES string of the molecule is CNCCCC(=O)Nc1ccc(NC(N)=O)c(OC)c1. The van der Waals surface area contributed by atoms with Gasteiger partial charge in [-0.05, 0) is 32.1 Å². The standard InChI is InChI=1S/C13H20N4O3/c1-15-7-3-4-12(18)16-9-5-6-10(17-13(14)19)11(8-9)20-2/h5-6,8,15H,3-4,7H2,1-2H3,(H,16,18)(H3,14,17,19). The molecule has 1 aromatic carbocycles. The van der Waals surface area contributed by atoms with Crippen molar-refractivity contribution in [2.24, 2.45) is 5.73 Å². The van der Waals surface area contributed by atoms with Crippen LogP contribution < -0.4 is 26.4 Å². The normalized spacial score (nSPS) is 9.90. The first kappa shape index (κ1) is 15.8. The molecule has 0 aliphatic carbocycles. The summed E-state index contributed by atoms with van der Waals surface area (Å²) in [6.07, 6.45) is 1.20. The summed E-state index contributed by atoms with van der Waals surface area (Å²) in [5.41, 5.74) is 6.11. The van der Waals surface area contributed by atoms with E-state index < -0.39 is 6.03 Å². The van der Waals surface area contributed by atoms with Crippen LogP contribution >= 0.6 is 0 Å². The van der Waals surface area contributed by atoms with Crippen LogP contribution in [0, 0.1) is 0 Å². The highest BCUT2D eigenvalue weighted by Crippen LogP contribution is 2.27. The number of rotatable bonds is 7. The van der Waals surface area contributed by atoms with Crippen LogP contribution in [0.4, 0.5) is 16.2 Å². The molecule has 7 heteroatoms. The highest BCUT2D eigenvalue weighted by molar-refractivity contribution is 5.93. The first-order chi connectivity index (χ1) is 9.56. The maximum Gasteiger partial charge on any atom is 0.316 e. The van der Waals surface area contributed by atoms with Gasteiger partial charge in [0.15, 0.2) is 0 Å². The van der Waals surface area contributed by atoms with Crippen molar-refractivity contribution in [2.45, 2.75) is 12.8 Å². The lowest BCUT2D eigenvalue weighted by Gasteiger charge is -2.11. The quantitative estimate of drug-likeness (QED) is 0.562. The highest BCUT2D eigenvalue weighted by Gasteiger charge is 2.08. The number of primary amides is 1. The summed E-state index contributed by atoms with van der Waals surface area (Å²) >= 11 is 0. The fourth-order valence-electron chi connectivity index (χ4n) is 1.65. The van der Waals surface area contributed by atoms with Crippen molar-refractivity contribution in [3.8, 4) is 5.75 Å². The number of nitrogens with one attached hydrogen (secondary N) is 3. The number of methoxy groups -OCH3 is 1. The molecule has 0 atom stereocenters. The van der Waals surface area contributed by atoms with Crippen LogP contribution in [0.2, 0.25) is 0 Å².